The van der Waals surface area contributed by atoms with Crippen molar-refractivity contribution in [1.82, 2.24) is 20.4 Å². The number of nitrogens with one attached hydrogen (secondary N) is 2. The van der Waals surface area contributed by atoms with E-state index in [1.807, 2.05) is 47.3 Å². The fourth-order valence-corrected chi connectivity index (χ4v) is 2.57. The Labute approximate surface area is 153 Å². The van der Waals surface area contributed by atoms with Gasteiger partial charge in [0.05, 0.1) is 12.8 Å². The van der Waals surface area contributed by atoms with Gasteiger partial charge in [0.25, 0.3) is 0 Å². The van der Waals surface area contributed by atoms with Gasteiger partial charge in [0, 0.05) is 38.4 Å². The van der Waals surface area contributed by atoms with Crippen LogP contribution in [0.15, 0.2) is 76.6 Å². The lowest BCUT2D eigenvalue weighted by atomic mass is 10.2. The molecule has 0 aliphatic rings. The first kappa shape index (κ1) is 17.8. The minimum absolute atomic E-state index is 0.649. The molecule has 0 amide bonds. The molecular formula is C20H25N5O. The zero-order valence-electron chi connectivity index (χ0n) is 14.8. The second-order valence-corrected chi connectivity index (χ2v) is 5.96. The molecule has 6 heteroatoms. The summed E-state index contributed by atoms with van der Waals surface area (Å²) in [5.41, 5.74) is 1.19. The first-order valence-corrected chi connectivity index (χ1v) is 8.96. The fourth-order valence-electron chi connectivity index (χ4n) is 2.57. The molecule has 2 N–H and O–H groups in total. The molecular weight excluding hydrogens is 326 g/mol. The van der Waals surface area contributed by atoms with Crippen LogP contribution in [0, 0.1) is 0 Å². The Hall–Kier alpha value is -3.02. The zero-order chi connectivity index (χ0) is 17.9. The Morgan fingerprint density at radius 2 is 1.92 bits per heavy atom. The monoisotopic (exact) mass is 351 g/mol. The van der Waals surface area contributed by atoms with Crippen molar-refractivity contribution in [2.45, 2.75) is 25.9 Å². The molecule has 2 heterocycles. The molecule has 0 saturated carbocycles. The fraction of sp³-hybridized carbons (Fsp3) is 0.300. The third-order valence-electron chi connectivity index (χ3n) is 3.92. The summed E-state index contributed by atoms with van der Waals surface area (Å²) in [7, 11) is 0. The number of aryl methyl sites for hydroxylation is 1. The topological polar surface area (TPSA) is 67.4 Å². The maximum absolute atomic E-state index is 5.37. The summed E-state index contributed by atoms with van der Waals surface area (Å²) in [6.45, 7) is 3.14. The lowest BCUT2D eigenvalue weighted by Gasteiger charge is -2.12. The second-order valence-electron chi connectivity index (χ2n) is 5.96. The van der Waals surface area contributed by atoms with Gasteiger partial charge in [-0.05, 0) is 30.2 Å². The molecule has 0 spiro atoms. The molecule has 6 nitrogen and oxygen atoms in total. The molecule has 26 heavy (non-hydrogen) atoms. The van der Waals surface area contributed by atoms with Gasteiger partial charge in [-0.3, -0.25) is 4.68 Å². The number of hydrogen-bond donors (Lipinski definition) is 2. The third-order valence-corrected chi connectivity index (χ3v) is 3.92. The van der Waals surface area contributed by atoms with Crippen LogP contribution in [0.25, 0.3) is 0 Å². The molecule has 136 valence electrons. The van der Waals surface area contributed by atoms with Crippen LogP contribution in [0.1, 0.15) is 17.7 Å². The predicted octanol–water partition coefficient (Wildman–Crippen LogP) is 2.84. The third kappa shape index (κ3) is 6.12. The van der Waals surface area contributed by atoms with E-state index in [0.717, 1.165) is 44.2 Å². The molecule has 0 aliphatic carbocycles. The predicted molar refractivity (Wildman–Crippen MR) is 103 cm³/mol. The summed E-state index contributed by atoms with van der Waals surface area (Å²) in [5, 5.41) is 11.0. The van der Waals surface area contributed by atoms with Gasteiger partial charge in [-0.25, -0.2) is 4.99 Å². The number of rotatable bonds is 9. The Morgan fingerprint density at radius 3 is 2.69 bits per heavy atom. The quantitative estimate of drug-likeness (QED) is 0.353. The summed E-state index contributed by atoms with van der Waals surface area (Å²) in [5.74, 6) is 1.79. The lowest BCUT2D eigenvalue weighted by Crippen LogP contribution is -2.39. The molecule has 0 aliphatic heterocycles. The van der Waals surface area contributed by atoms with Gasteiger partial charge in [0.1, 0.15) is 5.76 Å². The van der Waals surface area contributed by atoms with Crippen LogP contribution in [0.3, 0.4) is 0 Å². The van der Waals surface area contributed by atoms with Crippen molar-refractivity contribution in [2.75, 3.05) is 13.1 Å². The first-order valence-electron chi connectivity index (χ1n) is 8.96. The van der Waals surface area contributed by atoms with E-state index in [9.17, 15) is 0 Å². The van der Waals surface area contributed by atoms with Crippen LogP contribution in [0.4, 0.5) is 0 Å². The number of aliphatic imine (C=N–C) groups is 1. The number of nitrogens with zero attached hydrogens (tertiary/aromatic N) is 3. The number of aromatic nitrogens is 2. The van der Waals surface area contributed by atoms with Gasteiger partial charge >= 0.3 is 0 Å². The van der Waals surface area contributed by atoms with Gasteiger partial charge in [0.15, 0.2) is 5.96 Å². The van der Waals surface area contributed by atoms with Crippen molar-refractivity contribution < 1.29 is 4.42 Å². The molecule has 1 aromatic carbocycles. The van der Waals surface area contributed by atoms with Gasteiger partial charge < -0.3 is 15.1 Å². The van der Waals surface area contributed by atoms with Crippen LogP contribution >= 0.6 is 0 Å². The highest BCUT2D eigenvalue weighted by Crippen LogP contribution is 2.01. The highest BCUT2D eigenvalue weighted by Gasteiger charge is 2.01. The molecule has 0 radical (unpaired) electrons. The van der Waals surface area contributed by atoms with Crippen molar-refractivity contribution in [1.29, 1.82) is 0 Å². The van der Waals surface area contributed by atoms with Crippen molar-refractivity contribution in [3.63, 3.8) is 0 Å². The summed E-state index contributed by atoms with van der Waals surface area (Å²) >= 11 is 0. The van der Waals surface area contributed by atoms with Crippen LogP contribution in [-0.2, 0) is 19.5 Å². The summed E-state index contributed by atoms with van der Waals surface area (Å²) < 4.78 is 7.31. The zero-order valence-corrected chi connectivity index (χ0v) is 14.8. The largest absolute Gasteiger partial charge is 0.469 e. The Kier molecular flexibility index (Phi) is 6.90. The second kappa shape index (κ2) is 10.1. The Balaban J connectivity index is 1.47. The van der Waals surface area contributed by atoms with E-state index >= 15 is 0 Å². The molecule has 0 unspecified atom stereocenters. The SMILES string of the molecule is c1ccc(CN=C(NCCCn2cccn2)NCCc2ccco2)cc1. The summed E-state index contributed by atoms with van der Waals surface area (Å²) in [6, 6.07) is 16.1. The molecule has 0 atom stereocenters. The molecule has 3 rings (SSSR count). The standard InChI is InChI=1S/C20H25N5O/c1-2-7-18(8-3-1)17-23-20(22-13-10-19-9-4-16-26-19)21-11-5-14-25-15-6-12-24-25/h1-4,6-9,12,15-16H,5,10-11,13-14,17H2,(H2,21,22,23). The van der Waals surface area contributed by atoms with Crippen molar-refractivity contribution >= 4 is 5.96 Å². The minimum atomic E-state index is 0.649. The molecule has 2 aromatic heterocycles. The van der Waals surface area contributed by atoms with E-state index in [1.165, 1.54) is 5.56 Å². The summed E-state index contributed by atoms with van der Waals surface area (Å²) in [6.07, 6.45) is 7.29. The lowest BCUT2D eigenvalue weighted by molar-refractivity contribution is 0.506. The van der Waals surface area contributed by atoms with Gasteiger partial charge in [-0.1, -0.05) is 30.3 Å². The van der Waals surface area contributed by atoms with Crippen LogP contribution in [0.5, 0.6) is 0 Å². The van der Waals surface area contributed by atoms with E-state index in [4.69, 9.17) is 4.42 Å². The van der Waals surface area contributed by atoms with E-state index < -0.39 is 0 Å². The average molecular weight is 351 g/mol. The van der Waals surface area contributed by atoms with E-state index in [1.54, 1.807) is 12.5 Å². The normalized spacial score (nSPS) is 11.5. The van der Waals surface area contributed by atoms with E-state index in [-0.39, 0.29) is 0 Å². The first-order chi connectivity index (χ1) is 12.9. The Morgan fingerprint density at radius 1 is 1.04 bits per heavy atom. The molecule has 0 saturated heterocycles. The molecule has 0 bridgehead atoms. The van der Waals surface area contributed by atoms with E-state index in [0.29, 0.717) is 6.54 Å². The smallest absolute Gasteiger partial charge is 0.191 e. The van der Waals surface area contributed by atoms with Crippen LogP contribution < -0.4 is 10.6 Å². The van der Waals surface area contributed by atoms with Crippen molar-refractivity contribution in [2.24, 2.45) is 4.99 Å². The number of benzene rings is 1. The molecule has 3 aromatic rings. The average Bonchev–Trinajstić information content (AvgIpc) is 3.37. The van der Waals surface area contributed by atoms with Gasteiger partial charge in [-0.15, -0.1) is 0 Å². The van der Waals surface area contributed by atoms with E-state index in [2.05, 4.69) is 32.9 Å². The maximum Gasteiger partial charge on any atom is 0.191 e. The van der Waals surface area contributed by atoms with Crippen LogP contribution in [-0.4, -0.2) is 28.8 Å². The van der Waals surface area contributed by atoms with Gasteiger partial charge in [-0.2, -0.15) is 5.10 Å². The number of guanidine groups is 1. The van der Waals surface area contributed by atoms with Crippen LogP contribution in [0.2, 0.25) is 0 Å². The van der Waals surface area contributed by atoms with Crippen molar-refractivity contribution in [3.05, 3.63) is 78.5 Å². The minimum Gasteiger partial charge on any atom is -0.469 e. The van der Waals surface area contributed by atoms with Crippen molar-refractivity contribution in [3.8, 4) is 0 Å². The number of hydrogen-bond acceptors (Lipinski definition) is 3. The Bertz CT molecular complexity index is 751. The summed E-state index contributed by atoms with van der Waals surface area (Å²) in [4.78, 5) is 4.69. The van der Waals surface area contributed by atoms with Gasteiger partial charge in [0.2, 0.25) is 0 Å². The highest BCUT2D eigenvalue weighted by molar-refractivity contribution is 5.79. The maximum atomic E-state index is 5.37. The molecule has 0 fully saturated rings. The highest BCUT2D eigenvalue weighted by atomic mass is 16.3. The number of furan rings is 1.